The van der Waals surface area contributed by atoms with Gasteiger partial charge in [-0.25, -0.2) is 0 Å². The van der Waals surface area contributed by atoms with Gasteiger partial charge >= 0.3 is 5.97 Å². The number of esters is 1. The maximum Gasteiger partial charge on any atom is 0.317 e. The van der Waals surface area contributed by atoms with Crippen LogP contribution in [0.2, 0.25) is 0 Å². The van der Waals surface area contributed by atoms with Gasteiger partial charge in [0.2, 0.25) is 0 Å². The smallest absolute Gasteiger partial charge is 0.317 e. The fourth-order valence-corrected chi connectivity index (χ4v) is 5.36. The molecule has 0 aromatic rings. The van der Waals surface area contributed by atoms with Crippen LogP contribution in [0.1, 0.15) is 60.3 Å². The molecule has 2 aliphatic carbocycles. The van der Waals surface area contributed by atoms with Gasteiger partial charge in [0.05, 0.1) is 30.0 Å². The van der Waals surface area contributed by atoms with Gasteiger partial charge in [0.1, 0.15) is 5.76 Å². The van der Waals surface area contributed by atoms with Crippen molar-refractivity contribution in [1.29, 1.82) is 0 Å². The molecule has 0 amide bonds. The largest absolute Gasteiger partial charge is 0.430 e. The number of hydrogen-bond acceptors (Lipinski definition) is 5. The summed E-state index contributed by atoms with van der Waals surface area (Å²) in [5.41, 5.74) is 2.36. The average molecular weight is 403 g/mol. The second-order valence-electron chi connectivity index (χ2n) is 9.44. The number of aliphatic hydroxyl groups is 2. The van der Waals surface area contributed by atoms with Crippen LogP contribution in [-0.4, -0.2) is 34.7 Å². The lowest BCUT2D eigenvalue weighted by atomic mass is 9.68. The molecule has 0 unspecified atom stereocenters. The van der Waals surface area contributed by atoms with Crippen molar-refractivity contribution in [1.82, 2.24) is 0 Å². The summed E-state index contributed by atoms with van der Waals surface area (Å²) in [4.78, 5) is 25.5. The summed E-state index contributed by atoms with van der Waals surface area (Å²) in [5.74, 6) is -0.365. The molecule has 0 aromatic carbocycles. The highest BCUT2D eigenvalue weighted by Crippen LogP contribution is 2.50. The molecular formula is C24H34O5. The molecule has 0 saturated carbocycles. The molecule has 1 saturated heterocycles. The van der Waals surface area contributed by atoms with Crippen molar-refractivity contribution in [2.75, 3.05) is 6.61 Å². The minimum atomic E-state index is -0.799. The maximum absolute atomic E-state index is 13.0. The summed E-state index contributed by atoms with van der Waals surface area (Å²) in [6, 6.07) is 0. The van der Waals surface area contributed by atoms with Crippen LogP contribution >= 0.6 is 0 Å². The zero-order chi connectivity index (χ0) is 21.5. The Kier molecular flexibility index (Phi) is 6.21. The van der Waals surface area contributed by atoms with E-state index in [4.69, 9.17) is 4.74 Å². The molecule has 5 heteroatoms. The van der Waals surface area contributed by atoms with Gasteiger partial charge in [0.25, 0.3) is 0 Å². The Hall–Kier alpha value is -1.72. The van der Waals surface area contributed by atoms with Gasteiger partial charge in [-0.2, -0.15) is 0 Å². The lowest BCUT2D eigenvalue weighted by Gasteiger charge is -2.35. The number of carbonyl (C=O) groups is 2. The van der Waals surface area contributed by atoms with Gasteiger partial charge in [-0.3, -0.25) is 9.59 Å². The molecule has 29 heavy (non-hydrogen) atoms. The highest BCUT2D eigenvalue weighted by molar-refractivity contribution is 5.99. The van der Waals surface area contributed by atoms with E-state index in [-0.39, 0.29) is 30.1 Å². The van der Waals surface area contributed by atoms with Crippen molar-refractivity contribution >= 4 is 11.8 Å². The fourth-order valence-electron chi connectivity index (χ4n) is 5.36. The predicted molar refractivity (Wildman–Crippen MR) is 111 cm³/mol. The van der Waals surface area contributed by atoms with Crippen LogP contribution in [0.5, 0.6) is 0 Å². The summed E-state index contributed by atoms with van der Waals surface area (Å²) in [6.45, 7) is 9.62. The molecule has 5 nitrogen and oxygen atoms in total. The van der Waals surface area contributed by atoms with Crippen molar-refractivity contribution in [3.63, 3.8) is 0 Å². The Balaban J connectivity index is 2.05. The van der Waals surface area contributed by atoms with Crippen molar-refractivity contribution in [3.05, 3.63) is 34.6 Å². The molecule has 3 aliphatic rings. The summed E-state index contributed by atoms with van der Waals surface area (Å²) < 4.78 is 5.61. The highest BCUT2D eigenvalue weighted by atomic mass is 16.5. The van der Waals surface area contributed by atoms with Gasteiger partial charge in [0.15, 0.2) is 5.78 Å². The summed E-state index contributed by atoms with van der Waals surface area (Å²) in [6.07, 6.45) is 5.68. The molecule has 2 N–H and O–H groups in total. The number of ketones is 1. The molecule has 3 rings (SSSR count). The molecule has 1 heterocycles. The standard InChI is InChI=1S/C24H34O5/c1-13(2)17-11-20(27)24(12-25)9-8-15(4)22-18(10-14(3)6-7-19(17)24)21(16(5)26)23(28)29-22/h10-11,13,16,18-19,21,25-26H,6-9,12H2,1-5H3/b14-10-,22-15+/t16-,18+,19-,21+,24-/m0/s1. The molecule has 160 valence electrons. The van der Waals surface area contributed by atoms with E-state index in [1.165, 1.54) is 0 Å². The summed E-state index contributed by atoms with van der Waals surface area (Å²) >= 11 is 0. The average Bonchev–Trinajstić information content (AvgIpc) is 3.11. The van der Waals surface area contributed by atoms with Crippen molar-refractivity contribution in [2.45, 2.75) is 66.4 Å². The number of rotatable bonds is 3. The Morgan fingerprint density at radius 1 is 1.21 bits per heavy atom. The van der Waals surface area contributed by atoms with Crippen LogP contribution in [0.4, 0.5) is 0 Å². The summed E-state index contributed by atoms with van der Waals surface area (Å²) in [7, 11) is 0. The first-order valence-corrected chi connectivity index (χ1v) is 10.8. The van der Waals surface area contributed by atoms with Crippen LogP contribution in [0.15, 0.2) is 34.6 Å². The Bertz CT molecular complexity index is 785. The third kappa shape index (κ3) is 3.75. The second kappa shape index (κ2) is 8.19. The zero-order valence-electron chi connectivity index (χ0n) is 18.2. The molecule has 1 aliphatic heterocycles. The molecule has 0 spiro atoms. The first-order chi connectivity index (χ1) is 13.6. The number of aliphatic hydroxyl groups excluding tert-OH is 2. The van der Waals surface area contributed by atoms with Gasteiger partial charge in [-0.05, 0) is 69.9 Å². The van der Waals surface area contributed by atoms with E-state index in [2.05, 4.69) is 19.9 Å². The zero-order valence-corrected chi connectivity index (χ0v) is 18.2. The Morgan fingerprint density at radius 2 is 1.90 bits per heavy atom. The molecule has 1 fully saturated rings. The molecule has 0 aromatic heterocycles. The molecular weight excluding hydrogens is 368 g/mol. The Morgan fingerprint density at radius 3 is 2.48 bits per heavy atom. The first kappa shape index (κ1) is 22.0. The quantitative estimate of drug-likeness (QED) is 0.555. The second-order valence-corrected chi connectivity index (χ2v) is 9.44. The van der Waals surface area contributed by atoms with Crippen LogP contribution in [0.3, 0.4) is 0 Å². The monoisotopic (exact) mass is 402 g/mol. The van der Waals surface area contributed by atoms with Gasteiger partial charge in [0, 0.05) is 0 Å². The van der Waals surface area contributed by atoms with Crippen molar-refractivity contribution in [3.8, 4) is 0 Å². The number of hydrogen-bond donors (Lipinski definition) is 2. The van der Waals surface area contributed by atoms with E-state index in [0.717, 1.165) is 29.6 Å². The minimum Gasteiger partial charge on any atom is -0.430 e. The van der Waals surface area contributed by atoms with Crippen molar-refractivity contribution in [2.24, 2.45) is 29.1 Å². The highest BCUT2D eigenvalue weighted by Gasteiger charge is 2.50. The van der Waals surface area contributed by atoms with E-state index in [9.17, 15) is 19.8 Å². The van der Waals surface area contributed by atoms with E-state index in [1.54, 1.807) is 13.0 Å². The first-order valence-electron chi connectivity index (χ1n) is 10.8. The molecule has 0 radical (unpaired) electrons. The third-order valence-electron chi connectivity index (χ3n) is 7.16. The fraction of sp³-hybridized carbons (Fsp3) is 0.667. The van der Waals surface area contributed by atoms with Crippen LogP contribution in [0.25, 0.3) is 0 Å². The van der Waals surface area contributed by atoms with E-state index in [1.807, 2.05) is 13.8 Å². The number of allylic oxidation sites excluding steroid dienone is 5. The molecule has 5 atom stereocenters. The maximum atomic E-state index is 13.0. The van der Waals surface area contributed by atoms with Gasteiger partial charge < -0.3 is 14.9 Å². The summed E-state index contributed by atoms with van der Waals surface area (Å²) in [5, 5.41) is 20.5. The van der Waals surface area contributed by atoms with E-state index in [0.29, 0.717) is 18.6 Å². The van der Waals surface area contributed by atoms with E-state index < -0.39 is 23.4 Å². The third-order valence-corrected chi connectivity index (χ3v) is 7.16. The van der Waals surface area contributed by atoms with Crippen LogP contribution in [0, 0.1) is 29.1 Å². The topological polar surface area (TPSA) is 83.8 Å². The minimum absolute atomic E-state index is 0.0224. The number of carbonyl (C=O) groups excluding carboxylic acids is 2. The number of fused-ring (bicyclic) bond motifs is 2. The Labute approximate surface area is 173 Å². The van der Waals surface area contributed by atoms with Gasteiger partial charge in [-0.1, -0.05) is 31.1 Å². The predicted octanol–water partition coefficient (Wildman–Crippen LogP) is 3.71. The van der Waals surface area contributed by atoms with Crippen LogP contribution in [-0.2, 0) is 14.3 Å². The molecule has 0 bridgehead atoms. The lowest BCUT2D eigenvalue weighted by Crippen LogP contribution is -2.38. The SMILES string of the molecule is C/C1=C/[C@H]2/C(=C(/C)CC[C@@]3(CO)C(=O)C=C(C(C)C)[C@@H]3CC1)OC(=O)[C@@H]2[C@H](C)O. The van der Waals surface area contributed by atoms with E-state index >= 15 is 0 Å². The van der Waals surface area contributed by atoms with Crippen molar-refractivity contribution < 1.29 is 24.5 Å². The van der Waals surface area contributed by atoms with Gasteiger partial charge in [-0.15, -0.1) is 0 Å². The lowest BCUT2D eigenvalue weighted by molar-refractivity contribution is -0.142. The number of ether oxygens (including phenoxy) is 1. The normalized spacial score (nSPS) is 38.6. The van der Waals surface area contributed by atoms with Crippen LogP contribution < -0.4 is 0 Å².